The van der Waals surface area contributed by atoms with Crippen LogP contribution in [0.1, 0.15) is 51.9 Å². The summed E-state index contributed by atoms with van der Waals surface area (Å²) in [5.41, 5.74) is 0.626. The largest absolute Gasteiger partial charge is 0.359 e. The monoisotopic (exact) mass is 195 g/mol. The Bertz CT molecular complexity index is 222. The second kappa shape index (κ2) is 3.25. The SMILES string of the molecule is CCC12CCC(C(=O)NC)(CC1)CC2. The van der Waals surface area contributed by atoms with Crippen molar-refractivity contribution in [1.29, 1.82) is 0 Å². The van der Waals surface area contributed by atoms with Crippen LogP contribution in [-0.4, -0.2) is 13.0 Å². The summed E-state index contributed by atoms with van der Waals surface area (Å²) in [6, 6.07) is 0. The molecule has 3 fully saturated rings. The van der Waals surface area contributed by atoms with Crippen molar-refractivity contribution in [2.45, 2.75) is 51.9 Å². The van der Waals surface area contributed by atoms with Gasteiger partial charge in [0.25, 0.3) is 0 Å². The van der Waals surface area contributed by atoms with Gasteiger partial charge in [0.1, 0.15) is 0 Å². The summed E-state index contributed by atoms with van der Waals surface area (Å²) >= 11 is 0. The van der Waals surface area contributed by atoms with Gasteiger partial charge in [-0.15, -0.1) is 0 Å². The van der Waals surface area contributed by atoms with Crippen LogP contribution in [0.25, 0.3) is 0 Å². The van der Waals surface area contributed by atoms with Crippen LogP contribution >= 0.6 is 0 Å². The van der Waals surface area contributed by atoms with Crippen LogP contribution < -0.4 is 5.32 Å². The molecule has 0 aromatic heterocycles. The Morgan fingerprint density at radius 1 is 1.14 bits per heavy atom. The van der Waals surface area contributed by atoms with Gasteiger partial charge in [0.05, 0.1) is 0 Å². The molecule has 0 atom stereocenters. The highest BCUT2D eigenvalue weighted by molar-refractivity contribution is 5.82. The molecule has 0 aliphatic heterocycles. The summed E-state index contributed by atoms with van der Waals surface area (Å²) in [5.74, 6) is 0.293. The van der Waals surface area contributed by atoms with Gasteiger partial charge in [-0.2, -0.15) is 0 Å². The van der Waals surface area contributed by atoms with Crippen molar-refractivity contribution in [2.24, 2.45) is 10.8 Å². The number of carbonyl (C=O) groups is 1. The van der Waals surface area contributed by atoms with Gasteiger partial charge in [-0.3, -0.25) is 4.79 Å². The molecule has 0 radical (unpaired) electrons. The number of nitrogens with one attached hydrogen (secondary N) is 1. The Hall–Kier alpha value is -0.530. The van der Waals surface area contributed by atoms with Crippen LogP contribution in [0.2, 0.25) is 0 Å². The first kappa shape index (κ1) is 10.0. The zero-order chi connectivity index (χ0) is 10.2. The zero-order valence-corrected chi connectivity index (χ0v) is 9.36. The third kappa shape index (κ3) is 1.27. The Kier molecular flexibility index (Phi) is 2.32. The molecule has 3 aliphatic carbocycles. The van der Waals surface area contributed by atoms with Crippen molar-refractivity contribution in [3.05, 3.63) is 0 Å². The van der Waals surface area contributed by atoms with Crippen molar-refractivity contribution in [2.75, 3.05) is 7.05 Å². The summed E-state index contributed by atoms with van der Waals surface area (Å²) in [7, 11) is 1.77. The van der Waals surface area contributed by atoms with E-state index in [0.717, 1.165) is 19.3 Å². The van der Waals surface area contributed by atoms with Crippen molar-refractivity contribution in [3.63, 3.8) is 0 Å². The van der Waals surface area contributed by atoms with E-state index < -0.39 is 0 Å². The number of amides is 1. The summed E-state index contributed by atoms with van der Waals surface area (Å²) in [6.07, 6.45) is 8.50. The minimum atomic E-state index is 0.0195. The predicted molar refractivity (Wildman–Crippen MR) is 56.9 cm³/mol. The van der Waals surface area contributed by atoms with E-state index in [1.165, 1.54) is 25.7 Å². The molecule has 14 heavy (non-hydrogen) atoms. The molecule has 2 bridgehead atoms. The highest BCUT2D eigenvalue weighted by atomic mass is 16.2. The maximum atomic E-state index is 11.8. The molecule has 0 heterocycles. The Morgan fingerprint density at radius 2 is 1.64 bits per heavy atom. The molecule has 2 nitrogen and oxygen atoms in total. The van der Waals surface area contributed by atoms with E-state index in [1.54, 1.807) is 7.05 Å². The smallest absolute Gasteiger partial charge is 0.225 e. The number of hydrogen-bond donors (Lipinski definition) is 1. The maximum Gasteiger partial charge on any atom is 0.225 e. The van der Waals surface area contributed by atoms with Gasteiger partial charge in [-0.05, 0) is 43.9 Å². The molecule has 1 amide bonds. The first-order valence-corrected chi connectivity index (χ1v) is 5.89. The Labute approximate surface area is 86.5 Å². The van der Waals surface area contributed by atoms with E-state index in [9.17, 15) is 4.79 Å². The lowest BCUT2D eigenvalue weighted by Gasteiger charge is -2.52. The quantitative estimate of drug-likeness (QED) is 0.720. The summed E-state index contributed by atoms with van der Waals surface area (Å²) in [6.45, 7) is 2.30. The van der Waals surface area contributed by atoms with E-state index in [0.29, 0.717) is 11.3 Å². The number of fused-ring (bicyclic) bond motifs is 3. The molecular weight excluding hydrogens is 174 g/mol. The molecule has 0 aromatic carbocycles. The van der Waals surface area contributed by atoms with Gasteiger partial charge >= 0.3 is 0 Å². The van der Waals surface area contributed by atoms with Gasteiger partial charge in [-0.1, -0.05) is 13.3 Å². The standard InChI is InChI=1S/C12H21NO/c1-3-11-4-7-12(8-5-11,9-6-11)10(14)13-2/h3-9H2,1-2H3,(H,13,14). The third-order valence-electron chi connectivity index (χ3n) is 4.86. The second-order valence-corrected chi connectivity index (χ2v) is 5.21. The van der Waals surface area contributed by atoms with Crippen molar-refractivity contribution in [1.82, 2.24) is 5.32 Å². The van der Waals surface area contributed by atoms with Gasteiger partial charge in [-0.25, -0.2) is 0 Å². The van der Waals surface area contributed by atoms with Crippen molar-refractivity contribution >= 4 is 5.91 Å². The van der Waals surface area contributed by atoms with Crippen molar-refractivity contribution < 1.29 is 4.79 Å². The van der Waals surface area contributed by atoms with E-state index in [4.69, 9.17) is 0 Å². The maximum absolute atomic E-state index is 11.8. The van der Waals surface area contributed by atoms with E-state index >= 15 is 0 Å². The molecule has 0 spiro atoms. The van der Waals surface area contributed by atoms with Crippen LogP contribution in [0.3, 0.4) is 0 Å². The molecule has 3 aliphatic rings. The van der Waals surface area contributed by atoms with Gasteiger partial charge in [0, 0.05) is 12.5 Å². The predicted octanol–water partition coefficient (Wildman–Crippen LogP) is 2.48. The molecular formula is C12H21NO. The van der Waals surface area contributed by atoms with Crippen molar-refractivity contribution in [3.8, 4) is 0 Å². The Balaban J connectivity index is 2.12. The fourth-order valence-corrected chi connectivity index (χ4v) is 3.40. The van der Waals surface area contributed by atoms with Gasteiger partial charge in [0.2, 0.25) is 5.91 Å². The lowest BCUT2D eigenvalue weighted by Crippen LogP contribution is -2.49. The lowest BCUT2D eigenvalue weighted by atomic mass is 9.52. The molecule has 3 rings (SSSR count). The zero-order valence-electron chi connectivity index (χ0n) is 9.36. The van der Waals surface area contributed by atoms with E-state index in [1.807, 2.05) is 0 Å². The van der Waals surface area contributed by atoms with Crippen LogP contribution in [-0.2, 0) is 4.79 Å². The van der Waals surface area contributed by atoms with E-state index in [-0.39, 0.29) is 5.41 Å². The molecule has 0 unspecified atom stereocenters. The molecule has 0 aromatic rings. The summed E-state index contributed by atoms with van der Waals surface area (Å²) in [4.78, 5) is 11.8. The van der Waals surface area contributed by atoms with Crippen LogP contribution in [0.15, 0.2) is 0 Å². The third-order valence-corrected chi connectivity index (χ3v) is 4.86. The first-order valence-electron chi connectivity index (χ1n) is 5.89. The second-order valence-electron chi connectivity index (χ2n) is 5.21. The van der Waals surface area contributed by atoms with Crippen LogP contribution in [0, 0.1) is 10.8 Å². The highest BCUT2D eigenvalue weighted by Gasteiger charge is 2.50. The number of rotatable bonds is 2. The Morgan fingerprint density at radius 3 is 2.00 bits per heavy atom. The van der Waals surface area contributed by atoms with E-state index in [2.05, 4.69) is 12.2 Å². The number of carbonyl (C=O) groups excluding carboxylic acids is 1. The molecule has 3 saturated carbocycles. The highest BCUT2D eigenvalue weighted by Crippen LogP contribution is 2.58. The summed E-state index contributed by atoms with van der Waals surface area (Å²) in [5, 5.41) is 2.84. The molecule has 1 N–H and O–H groups in total. The lowest BCUT2D eigenvalue weighted by molar-refractivity contribution is -0.140. The minimum Gasteiger partial charge on any atom is -0.359 e. The van der Waals surface area contributed by atoms with Crippen LogP contribution in [0.5, 0.6) is 0 Å². The van der Waals surface area contributed by atoms with Crippen LogP contribution in [0.4, 0.5) is 0 Å². The average molecular weight is 195 g/mol. The molecule has 80 valence electrons. The van der Waals surface area contributed by atoms with Gasteiger partial charge in [0.15, 0.2) is 0 Å². The minimum absolute atomic E-state index is 0.0195. The van der Waals surface area contributed by atoms with Gasteiger partial charge < -0.3 is 5.32 Å². The first-order chi connectivity index (χ1) is 6.66. The topological polar surface area (TPSA) is 29.1 Å². The fraction of sp³-hybridized carbons (Fsp3) is 0.917. The molecule has 0 saturated heterocycles. The molecule has 2 heteroatoms. The normalized spacial score (nSPS) is 41.0. The average Bonchev–Trinajstić information content (AvgIpc) is 2.30. The number of hydrogen-bond acceptors (Lipinski definition) is 1. The summed E-state index contributed by atoms with van der Waals surface area (Å²) < 4.78 is 0. The fourth-order valence-electron chi connectivity index (χ4n) is 3.40.